The number of hydrogen-bond donors (Lipinski definition) is 0. The van der Waals surface area contributed by atoms with Gasteiger partial charge >= 0.3 is 6.01 Å². The van der Waals surface area contributed by atoms with Crippen molar-refractivity contribution in [3.05, 3.63) is 47.7 Å². The minimum Gasteiger partial charge on any atom is -0.313 e. The molecule has 1 saturated carbocycles. The Morgan fingerprint density at radius 3 is 2.93 bits per heavy atom. The molecule has 0 amide bonds. The molecule has 4 aliphatic rings. The van der Waals surface area contributed by atoms with Gasteiger partial charge in [-0.05, 0) is 24.5 Å². The van der Waals surface area contributed by atoms with E-state index in [4.69, 9.17) is 4.52 Å². The number of nitriles is 1. The Labute approximate surface area is 159 Å². The van der Waals surface area contributed by atoms with Crippen molar-refractivity contribution in [3.8, 4) is 6.19 Å². The molecule has 1 aromatic carbocycles. The second-order valence-corrected chi connectivity index (χ2v) is 7.28. The van der Waals surface area contributed by atoms with Gasteiger partial charge in [-0.3, -0.25) is 4.90 Å². The largest absolute Gasteiger partial charge is 0.345 e. The lowest BCUT2D eigenvalue weighted by Gasteiger charge is -2.39. The van der Waals surface area contributed by atoms with E-state index in [1.807, 2.05) is 30.5 Å². The van der Waals surface area contributed by atoms with Crippen molar-refractivity contribution in [2.24, 2.45) is 10.9 Å². The SMILES string of the molecule is CC1CC1c1noc(N2CN=C3c4ccccc4N4C(=CN(C#N)C4F)N32)n1. The van der Waals surface area contributed by atoms with Gasteiger partial charge in [-0.25, -0.2) is 19.9 Å². The normalized spacial score (nSPS) is 27.1. The van der Waals surface area contributed by atoms with Crippen LogP contribution in [-0.4, -0.2) is 39.0 Å². The van der Waals surface area contributed by atoms with Crippen LogP contribution in [-0.2, 0) is 0 Å². The van der Waals surface area contributed by atoms with Gasteiger partial charge in [0.1, 0.15) is 6.67 Å². The molecule has 1 aromatic heterocycles. The molecule has 1 fully saturated rings. The van der Waals surface area contributed by atoms with Crippen LogP contribution in [0.15, 0.2) is 45.8 Å². The summed E-state index contributed by atoms with van der Waals surface area (Å²) >= 11 is 0. The standard InChI is InChI=1S/C18H15FN8O/c1-10-6-12(10)15-22-18(28-23-15)25-9-21-16-11-4-2-3-5-13(11)26-14(27(16)25)7-24(8-20)17(26)19/h2-5,7,10,12,17H,6,9H2,1H3. The summed E-state index contributed by atoms with van der Waals surface area (Å²) in [7, 11) is 0. The highest BCUT2D eigenvalue weighted by atomic mass is 19.1. The maximum atomic E-state index is 15.0. The first kappa shape index (κ1) is 15.4. The summed E-state index contributed by atoms with van der Waals surface area (Å²) in [4.78, 5) is 11.6. The maximum absolute atomic E-state index is 15.0. The number of fused-ring (bicyclic) bond motifs is 6. The zero-order valence-corrected chi connectivity index (χ0v) is 14.9. The molecule has 0 N–H and O–H groups in total. The molecule has 0 spiro atoms. The summed E-state index contributed by atoms with van der Waals surface area (Å²) in [6.45, 7) is 2.42. The topological polar surface area (TPSA) is 88.0 Å². The van der Waals surface area contributed by atoms with Gasteiger partial charge in [-0.1, -0.05) is 24.2 Å². The van der Waals surface area contributed by atoms with Crippen molar-refractivity contribution >= 4 is 17.5 Å². The van der Waals surface area contributed by atoms with E-state index in [0.29, 0.717) is 41.0 Å². The molecular formula is C18H15FN8O. The Kier molecular flexibility index (Phi) is 2.88. The van der Waals surface area contributed by atoms with Gasteiger partial charge in [0.2, 0.25) is 0 Å². The molecule has 6 rings (SSSR count). The molecule has 2 aromatic rings. The summed E-state index contributed by atoms with van der Waals surface area (Å²) in [6.07, 6.45) is 2.76. The highest BCUT2D eigenvalue weighted by Crippen LogP contribution is 2.47. The minimum absolute atomic E-state index is 0.264. The first-order chi connectivity index (χ1) is 13.7. The van der Waals surface area contributed by atoms with Crippen molar-refractivity contribution < 1.29 is 8.91 Å². The number of rotatable bonds is 2. The van der Waals surface area contributed by atoms with Gasteiger partial charge in [0.25, 0.3) is 6.42 Å². The van der Waals surface area contributed by atoms with Gasteiger partial charge in [0.15, 0.2) is 23.7 Å². The Bertz CT molecular complexity index is 1090. The average molecular weight is 378 g/mol. The molecule has 9 nitrogen and oxygen atoms in total. The molecule has 3 aliphatic heterocycles. The van der Waals surface area contributed by atoms with Gasteiger partial charge < -0.3 is 4.52 Å². The predicted octanol–water partition coefficient (Wildman–Crippen LogP) is 2.30. The lowest BCUT2D eigenvalue weighted by atomic mass is 10.1. The van der Waals surface area contributed by atoms with Crippen LogP contribution in [0.5, 0.6) is 0 Å². The Morgan fingerprint density at radius 1 is 1.32 bits per heavy atom. The quantitative estimate of drug-likeness (QED) is 0.581. The van der Waals surface area contributed by atoms with E-state index in [0.717, 1.165) is 16.9 Å². The Morgan fingerprint density at radius 2 is 2.14 bits per heavy atom. The summed E-state index contributed by atoms with van der Waals surface area (Å²) in [5.74, 6) is 2.71. The molecule has 4 heterocycles. The highest BCUT2D eigenvalue weighted by Gasteiger charge is 2.48. The first-order valence-electron chi connectivity index (χ1n) is 9.05. The molecule has 140 valence electrons. The Balaban J connectivity index is 1.45. The lowest BCUT2D eigenvalue weighted by molar-refractivity contribution is 0.204. The fraction of sp³-hybridized carbons (Fsp3) is 0.333. The van der Waals surface area contributed by atoms with Crippen LogP contribution in [0.25, 0.3) is 0 Å². The maximum Gasteiger partial charge on any atom is 0.345 e. The third-order valence-corrected chi connectivity index (χ3v) is 5.57. The van der Waals surface area contributed by atoms with Crippen LogP contribution in [0.1, 0.15) is 30.7 Å². The molecule has 0 bridgehead atoms. The summed E-state index contributed by atoms with van der Waals surface area (Å²) in [5, 5.41) is 16.9. The zero-order valence-electron chi connectivity index (χ0n) is 14.9. The number of aromatic nitrogens is 2. The average Bonchev–Trinajstić information content (AvgIpc) is 3.11. The molecule has 3 unspecified atom stereocenters. The second kappa shape index (κ2) is 5.22. The van der Waals surface area contributed by atoms with Crippen molar-refractivity contribution in [1.82, 2.24) is 20.0 Å². The van der Waals surface area contributed by atoms with Crippen LogP contribution in [0, 0.1) is 17.4 Å². The molecule has 1 aliphatic carbocycles. The lowest BCUT2D eigenvalue weighted by Crippen LogP contribution is -2.50. The number of anilines is 2. The number of amidine groups is 1. The van der Waals surface area contributed by atoms with E-state index < -0.39 is 6.42 Å². The van der Waals surface area contributed by atoms with Crippen molar-refractivity contribution in [2.75, 3.05) is 16.6 Å². The van der Waals surface area contributed by atoms with E-state index in [1.54, 1.807) is 10.0 Å². The van der Waals surface area contributed by atoms with Crippen LogP contribution in [0.3, 0.4) is 0 Å². The second-order valence-electron chi connectivity index (χ2n) is 7.28. The molecular weight excluding hydrogens is 363 g/mol. The number of halogens is 1. The predicted molar refractivity (Wildman–Crippen MR) is 95.9 cm³/mol. The molecule has 28 heavy (non-hydrogen) atoms. The van der Waals surface area contributed by atoms with Gasteiger partial charge in [-0.15, -0.1) is 0 Å². The van der Waals surface area contributed by atoms with Crippen LogP contribution in [0.4, 0.5) is 16.1 Å². The highest BCUT2D eigenvalue weighted by molar-refractivity contribution is 6.09. The van der Waals surface area contributed by atoms with Crippen LogP contribution in [0.2, 0.25) is 0 Å². The van der Waals surface area contributed by atoms with Crippen molar-refractivity contribution in [1.29, 1.82) is 5.26 Å². The molecule has 3 atom stereocenters. The summed E-state index contributed by atoms with van der Waals surface area (Å²) in [5.41, 5.74) is 1.44. The van der Waals surface area contributed by atoms with E-state index in [2.05, 4.69) is 22.1 Å². The van der Waals surface area contributed by atoms with Crippen LogP contribution >= 0.6 is 0 Å². The van der Waals surface area contributed by atoms with Crippen molar-refractivity contribution in [3.63, 3.8) is 0 Å². The zero-order chi connectivity index (χ0) is 19.0. The Hall–Kier alpha value is -3.61. The third kappa shape index (κ3) is 1.90. The number of hydrazine groups is 1. The molecule has 0 saturated heterocycles. The summed E-state index contributed by atoms with van der Waals surface area (Å²) in [6, 6.07) is 7.72. The number of alkyl halides is 1. The smallest absolute Gasteiger partial charge is 0.313 e. The van der Waals surface area contributed by atoms with E-state index in [-0.39, 0.29) is 6.67 Å². The van der Waals surface area contributed by atoms with Crippen LogP contribution < -0.4 is 9.91 Å². The monoisotopic (exact) mass is 378 g/mol. The van der Waals surface area contributed by atoms with E-state index in [9.17, 15) is 9.65 Å². The van der Waals surface area contributed by atoms with E-state index in [1.165, 1.54) is 11.1 Å². The van der Waals surface area contributed by atoms with Gasteiger partial charge in [0.05, 0.1) is 11.9 Å². The number of nitrogens with zero attached hydrogens (tertiary/aromatic N) is 8. The minimum atomic E-state index is -1.63. The number of aliphatic imine (C=N–C) groups is 1. The fourth-order valence-electron chi connectivity index (χ4n) is 3.95. The van der Waals surface area contributed by atoms with Crippen molar-refractivity contribution in [2.45, 2.75) is 25.7 Å². The summed E-state index contributed by atoms with van der Waals surface area (Å²) < 4.78 is 20.5. The van der Waals surface area contributed by atoms with E-state index >= 15 is 0 Å². The number of para-hydroxylation sites is 1. The number of benzene rings is 1. The molecule has 10 heteroatoms. The first-order valence-corrected chi connectivity index (χ1v) is 9.05. The van der Waals surface area contributed by atoms with Gasteiger partial charge in [-0.2, -0.15) is 14.6 Å². The number of hydrogen-bond acceptors (Lipinski definition) is 9. The fourth-order valence-corrected chi connectivity index (χ4v) is 3.95. The van der Waals surface area contributed by atoms with Gasteiger partial charge in [0, 0.05) is 11.5 Å². The molecule has 0 radical (unpaired) electrons. The third-order valence-electron chi connectivity index (χ3n) is 5.57.